The molecule has 2 aromatic carbocycles. The second-order valence-corrected chi connectivity index (χ2v) is 5.34. The predicted molar refractivity (Wildman–Crippen MR) is 87.7 cm³/mol. The summed E-state index contributed by atoms with van der Waals surface area (Å²) in [6.07, 6.45) is 1.32. The van der Waals surface area contributed by atoms with Gasteiger partial charge in [0.15, 0.2) is 0 Å². The molecule has 0 aliphatic heterocycles. The molecule has 7 heteroatoms. The van der Waals surface area contributed by atoms with Gasteiger partial charge in [-0.25, -0.2) is 4.98 Å². The van der Waals surface area contributed by atoms with Crippen molar-refractivity contribution in [3.05, 3.63) is 64.2 Å². The van der Waals surface area contributed by atoms with Crippen LogP contribution in [0.3, 0.4) is 0 Å². The molecule has 1 aromatic heterocycles. The Labute approximate surface area is 136 Å². The SMILES string of the molecule is O=C(Cn1cnc2ccccc2c1=O)Nc1cc(Cl)ccc1O. The highest BCUT2D eigenvalue weighted by atomic mass is 35.5. The largest absolute Gasteiger partial charge is 0.506 e. The Morgan fingerprint density at radius 2 is 2.04 bits per heavy atom. The standard InChI is InChI=1S/C16H12ClN3O3/c17-10-5-6-14(21)13(7-10)19-15(22)8-20-9-18-12-4-2-1-3-11(12)16(20)23/h1-7,9,21H,8H2,(H,19,22). The summed E-state index contributed by atoms with van der Waals surface area (Å²) in [7, 11) is 0. The van der Waals surface area contributed by atoms with Crippen molar-refractivity contribution >= 4 is 34.1 Å². The quantitative estimate of drug-likeness (QED) is 0.723. The molecule has 3 rings (SSSR count). The van der Waals surface area contributed by atoms with Crippen molar-refractivity contribution in [1.29, 1.82) is 0 Å². The fraction of sp³-hybridized carbons (Fsp3) is 0.0625. The van der Waals surface area contributed by atoms with Gasteiger partial charge >= 0.3 is 0 Å². The summed E-state index contributed by atoms with van der Waals surface area (Å²) >= 11 is 5.82. The van der Waals surface area contributed by atoms with Crippen molar-refractivity contribution < 1.29 is 9.90 Å². The van der Waals surface area contributed by atoms with E-state index in [-0.39, 0.29) is 23.5 Å². The lowest BCUT2D eigenvalue weighted by Crippen LogP contribution is -2.27. The third-order valence-corrected chi connectivity index (χ3v) is 3.51. The molecule has 0 saturated heterocycles. The molecule has 3 aromatic rings. The molecule has 0 bridgehead atoms. The molecule has 0 atom stereocenters. The molecule has 23 heavy (non-hydrogen) atoms. The van der Waals surface area contributed by atoms with E-state index >= 15 is 0 Å². The maximum absolute atomic E-state index is 12.3. The molecule has 2 N–H and O–H groups in total. The highest BCUT2D eigenvalue weighted by Crippen LogP contribution is 2.26. The van der Waals surface area contributed by atoms with E-state index in [0.29, 0.717) is 15.9 Å². The number of carbonyl (C=O) groups is 1. The number of halogens is 1. The lowest BCUT2D eigenvalue weighted by Gasteiger charge is -2.09. The van der Waals surface area contributed by atoms with Gasteiger partial charge in [0, 0.05) is 5.02 Å². The number of fused-ring (bicyclic) bond motifs is 1. The van der Waals surface area contributed by atoms with Crippen LogP contribution in [0.25, 0.3) is 10.9 Å². The minimum atomic E-state index is -0.471. The molecule has 6 nitrogen and oxygen atoms in total. The number of hydrogen-bond donors (Lipinski definition) is 2. The van der Waals surface area contributed by atoms with Crippen molar-refractivity contribution in [3.63, 3.8) is 0 Å². The van der Waals surface area contributed by atoms with Crippen molar-refractivity contribution in [2.24, 2.45) is 0 Å². The van der Waals surface area contributed by atoms with E-state index in [9.17, 15) is 14.7 Å². The Hall–Kier alpha value is -2.86. The van der Waals surface area contributed by atoms with Crippen LogP contribution in [0.1, 0.15) is 0 Å². The zero-order valence-electron chi connectivity index (χ0n) is 11.9. The summed E-state index contributed by atoms with van der Waals surface area (Å²) in [6, 6.07) is 11.2. The van der Waals surface area contributed by atoms with Gasteiger partial charge in [0.2, 0.25) is 5.91 Å². The average Bonchev–Trinajstić information content (AvgIpc) is 2.54. The number of aromatic nitrogens is 2. The van der Waals surface area contributed by atoms with Crippen LogP contribution >= 0.6 is 11.6 Å². The third kappa shape index (κ3) is 3.17. The van der Waals surface area contributed by atoms with E-state index in [1.54, 1.807) is 24.3 Å². The first-order chi connectivity index (χ1) is 11.0. The second kappa shape index (κ2) is 6.10. The lowest BCUT2D eigenvalue weighted by atomic mass is 10.2. The number of hydrogen-bond acceptors (Lipinski definition) is 4. The fourth-order valence-corrected chi connectivity index (χ4v) is 2.34. The number of benzene rings is 2. The Kier molecular flexibility index (Phi) is 3.99. The molecule has 0 fully saturated rings. The molecule has 0 spiro atoms. The van der Waals surface area contributed by atoms with Crippen LogP contribution < -0.4 is 10.9 Å². The van der Waals surface area contributed by atoms with Gasteiger partial charge in [0.25, 0.3) is 5.56 Å². The van der Waals surface area contributed by atoms with Crippen LogP contribution in [-0.2, 0) is 11.3 Å². The van der Waals surface area contributed by atoms with Crippen molar-refractivity contribution in [2.45, 2.75) is 6.54 Å². The highest BCUT2D eigenvalue weighted by Gasteiger charge is 2.10. The van der Waals surface area contributed by atoms with E-state index in [2.05, 4.69) is 10.3 Å². The molecule has 0 unspecified atom stereocenters. The van der Waals surface area contributed by atoms with Crippen LogP contribution in [0.5, 0.6) is 5.75 Å². The Morgan fingerprint density at radius 3 is 2.87 bits per heavy atom. The van der Waals surface area contributed by atoms with E-state index in [4.69, 9.17) is 11.6 Å². The van der Waals surface area contributed by atoms with Crippen LogP contribution in [0.2, 0.25) is 5.02 Å². The molecule has 116 valence electrons. The Balaban J connectivity index is 1.84. The molecule has 0 saturated carbocycles. The van der Waals surface area contributed by atoms with Crippen LogP contribution in [-0.4, -0.2) is 20.6 Å². The number of anilines is 1. The average molecular weight is 330 g/mol. The molecule has 1 amide bonds. The smallest absolute Gasteiger partial charge is 0.261 e. The first-order valence-electron chi connectivity index (χ1n) is 6.77. The molecular formula is C16H12ClN3O3. The number of phenolic OH excluding ortho intramolecular Hbond substituents is 1. The van der Waals surface area contributed by atoms with Gasteiger partial charge in [0.05, 0.1) is 22.9 Å². The Morgan fingerprint density at radius 1 is 1.26 bits per heavy atom. The van der Waals surface area contributed by atoms with E-state index in [1.165, 1.54) is 29.1 Å². The molecule has 1 heterocycles. The van der Waals surface area contributed by atoms with Crippen LogP contribution in [0.4, 0.5) is 5.69 Å². The second-order valence-electron chi connectivity index (χ2n) is 4.90. The number of nitrogens with one attached hydrogen (secondary N) is 1. The normalized spacial score (nSPS) is 10.7. The summed E-state index contributed by atoms with van der Waals surface area (Å²) < 4.78 is 1.21. The van der Waals surface area contributed by atoms with E-state index < -0.39 is 5.91 Å². The monoisotopic (exact) mass is 329 g/mol. The Bertz CT molecular complexity index is 953. The molecular weight excluding hydrogens is 318 g/mol. The van der Waals surface area contributed by atoms with Crippen LogP contribution in [0, 0.1) is 0 Å². The number of phenols is 1. The topological polar surface area (TPSA) is 84.2 Å². The van der Waals surface area contributed by atoms with Crippen molar-refractivity contribution in [2.75, 3.05) is 5.32 Å². The van der Waals surface area contributed by atoms with Gasteiger partial charge in [-0.3, -0.25) is 14.2 Å². The van der Waals surface area contributed by atoms with Crippen molar-refractivity contribution in [3.8, 4) is 5.75 Å². The van der Waals surface area contributed by atoms with Gasteiger partial charge in [0.1, 0.15) is 12.3 Å². The fourth-order valence-electron chi connectivity index (χ4n) is 2.17. The van der Waals surface area contributed by atoms with Crippen LogP contribution in [0.15, 0.2) is 53.6 Å². The molecule has 0 radical (unpaired) electrons. The third-order valence-electron chi connectivity index (χ3n) is 3.28. The summed E-state index contributed by atoms with van der Waals surface area (Å²) in [5.74, 6) is -0.575. The molecule has 0 aliphatic carbocycles. The maximum atomic E-state index is 12.3. The maximum Gasteiger partial charge on any atom is 0.261 e. The first-order valence-corrected chi connectivity index (χ1v) is 7.15. The zero-order valence-corrected chi connectivity index (χ0v) is 12.6. The number of amides is 1. The summed E-state index contributed by atoms with van der Waals surface area (Å²) in [5, 5.41) is 13.0. The van der Waals surface area contributed by atoms with E-state index in [0.717, 1.165) is 0 Å². The first kappa shape index (κ1) is 15.1. The van der Waals surface area contributed by atoms with Gasteiger partial charge < -0.3 is 10.4 Å². The number of rotatable bonds is 3. The van der Waals surface area contributed by atoms with Gasteiger partial charge in [-0.15, -0.1) is 0 Å². The zero-order chi connectivity index (χ0) is 16.4. The van der Waals surface area contributed by atoms with Gasteiger partial charge in [-0.1, -0.05) is 23.7 Å². The number of carbonyl (C=O) groups excluding carboxylic acids is 1. The lowest BCUT2D eigenvalue weighted by molar-refractivity contribution is -0.116. The predicted octanol–water partition coefficient (Wildman–Crippen LogP) is 2.39. The number of aromatic hydroxyl groups is 1. The highest BCUT2D eigenvalue weighted by molar-refractivity contribution is 6.31. The van der Waals surface area contributed by atoms with E-state index in [1.807, 2.05) is 0 Å². The summed E-state index contributed by atoms with van der Waals surface area (Å²) in [4.78, 5) is 28.5. The number of nitrogens with zero attached hydrogens (tertiary/aromatic N) is 2. The minimum absolute atomic E-state index is 0.105. The minimum Gasteiger partial charge on any atom is -0.506 e. The summed E-state index contributed by atoms with van der Waals surface area (Å²) in [5.41, 5.74) is 0.451. The van der Waals surface area contributed by atoms with Gasteiger partial charge in [-0.05, 0) is 30.3 Å². The summed E-state index contributed by atoms with van der Waals surface area (Å²) in [6.45, 7) is -0.220. The van der Waals surface area contributed by atoms with Crippen molar-refractivity contribution in [1.82, 2.24) is 9.55 Å². The number of para-hydroxylation sites is 1. The van der Waals surface area contributed by atoms with Gasteiger partial charge in [-0.2, -0.15) is 0 Å². The molecule has 0 aliphatic rings.